The first-order valence-electron chi connectivity index (χ1n) is 5.10. The molecular formula is C11H12ClN5. The molecule has 0 radical (unpaired) electrons. The Balaban J connectivity index is 2.52. The van der Waals surface area contributed by atoms with E-state index in [4.69, 9.17) is 11.6 Å². The molecule has 0 aliphatic carbocycles. The Bertz CT molecular complexity index is 560. The molecule has 0 unspecified atom stereocenters. The minimum atomic E-state index is 0.190. The maximum atomic E-state index is 5.88. The molecule has 0 bridgehead atoms. The van der Waals surface area contributed by atoms with Crippen LogP contribution in [-0.4, -0.2) is 26.1 Å². The number of fused-ring (bicyclic) bond motifs is 1. The first kappa shape index (κ1) is 11.6. The molecule has 0 spiro atoms. The van der Waals surface area contributed by atoms with E-state index in [0.29, 0.717) is 30.1 Å². The van der Waals surface area contributed by atoms with Crippen molar-refractivity contribution in [2.24, 2.45) is 0 Å². The highest BCUT2D eigenvalue weighted by Crippen LogP contribution is 2.20. The molecule has 0 atom stereocenters. The number of nitrogens with zero attached hydrogens (tertiary/aromatic N) is 4. The smallest absolute Gasteiger partial charge is 0.226 e. The zero-order chi connectivity index (χ0) is 12.3. The Morgan fingerprint density at radius 1 is 1.35 bits per heavy atom. The monoisotopic (exact) mass is 249 g/mol. The fourth-order valence-corrected chi connectivity index (χ4v) is 1.65. The fourth-order valence-electron chi connectivity index (χ4n) is 1.48. The number of anilines is 1. The zero-order valence-electron chi connectivity index (χ0n) is 9.23. The number of hydrogen-bond donors (Lipinski definition) is 1. The number of allylic oxidation sites excluding steroid dienone is 1. The van der Waals surface area contributed by atoms with E-state index in [1.54, 1.807) is 18.5 Å². The van der Waals surface area contributed by atoms with Crippen molar-refractivity contribution >= 4 is 28.6 Å². The molecule has 6 heteroatoms. The summed E-state index contributed by atoms with van der Waals surface area (Å²) in [5.41, 5.74) is 1.38. The summed E-state index contributed by atoms with van der Waals surface area (Å²) in [7, 11) is 0. The Labute approximate surface area is 104 Å². The Morgan fingerprint density at radius 3 is 2.88 bits per heavy atom. The van der Waals surface area contributed by atoms with Gasteiger partial charge in [-0.1, -0.05) is 12.2 Å². The van der Waals surface area contributed by atoms with Crippen molar-refractivity contribution in [1.29, 1.82) is 0 Å². The average molecular weight is 250 g/mol. The number of imidazole rings is 1. The molecule has 88 valence electrons. The van der Waals surface area contributed by atoms with Crippen molar-refractivity contribution in [2.75, 3.05) is 11.9 Å². The molecule has 5 nitrogen and oxygen atoms in total. The van der Waals surface area contributed by atoms with Crippen LogP contribution in [0, 0.1) is 0 Å². The minimum Gasteiger partial charge on any atom is -0.365 e. The quantitative estimate of drug-likeness (QED) is 0.652. The molecule has 2 heterocycles. The molecule has 0 saturated heterocycles. The second-order valence-electron chi connectivity index (χ2n) is 3.37. The lowest BCUT2D eigenvalue weighted by molar-refractivity contribution is 0.838. The summed E-state index contributed by atoms with van der Waals surface area (Å²) in [6.45, 7) is 8.54. The molecule has 2 aromatic rings. The van der Waals surface area contributed by atoms with Gasteiger partial charge in [-0.25, -0.2) is 4.98 Å². The van der Waals surface area contributed by atoms with Crippen LogP contribution in [0.15, 0.2) is 31.6 Å². The van der Waals surface area contributed by atoms with E-state index in [9.17, 15) is 0 Å². The summed E-state index contributed by atoms with van der Waals surface area (Å²) < 4.78 is 1.86. The van der Waals surface area contributed by atoms with Gasteiger partial charge in [0, 0.05) is 13.1 Å². The standard InChI is InChI=1S/C11H12ClN5/c1-3-5-13-9-8-10(16-11(12)15-9)17(6-4-2)7-14-8/h3-4,7H,1-2,5-6H2,(H,13,15,16). The molecule has 0 aliphatic heterocycles. The van der Waals surface area contributed by atoms with Crippen molar-refractivity contribution in [2.45, 2.75) is 6.54 Å². The van der Waals surface area contributed by atoms with Gasteiger partial charge in [0.1, 0.15) is 0 Å². The van der Waals surface area contributed by atoms with Gasteiger partial charge < -0.3 is 9.88 Å². The van der Waals surface area contributed by atoms with Crippen LogP contribution in [0.1, 0.15) is 0 Å². The van der Waals surface area contributed by atoms with Crippen molar-refractivity contribution in [3.05, 3.63) is 36.9 Å². The van der Waals surface area contributed by atoms with Crippen molar-refractivity contribution in [3.8, 4) is 0 Å². The van der Waals surface area contributed by atoms with Gasteiger partial charge in [-0.3, -0.25) is 0 Å². The molecule has 0 fully saturated rings. The van der Waals surface area contributed by atoms with Crippen LogP contribution in [0.25, 0.3) is 11.2 Å². The van der Waals surface area contributed by atoms with Crippen LogP contribution < -0.4 is 5.32 Å². The summed E-state index contributed by atoms with van der Waals surface area (Å²) in [6.07, 6.45) is 5.20. The van der Waals surface area contributed by atoms with Gasteiger partial charge in [0.25, 0.3) is 0 Å². The number of aromatic nitrogens is 4. The predicted octanol–water partition coefficient (Wildman–Crippen LogP) is 2.26. The third-order valence-corrected chi connectivity index (χ3v) is 2.35. The number of hydrogen-bond acceptors (Lipinski definition) is 4. The first-order valence-corrected chi connectivity index (χ1v) is 5.48. The molecule has 2 rings (SSSR count). The van der Waals surface area contributed by atoms with E-state index in [-0.39, 0.29) is 5.28 Å². The van der Waals surface area contributed by atoms with Crippen molar-refractivity contribution < 1.29 is 0 Å². The van der Waals surface area contributed by atoms with Gasteiger partial charge in [0.2, 0.25) is 5.28 Å². The lowest BCUT2D eigenvalue weighted by atomic mass is 10.4. The normalized spacial score (nSPS) is 10.4. The summed E-state index contributed by atoms with van der Waals surface area (Å²) in [4.78, 5) is 12.5. The van der Waals surface area contributed by atoms with E-state index in [1.807, 2.05) is 4.57 Å². The predicted molar refractivity (Wildman–Crippen MR) is 69.2 cm³/mol. The van der Waals surface area contributed by atoms with E-state index >= 15 is 0 Å². The highest BCUT2D eigenvalue weighted by Gasteiger charge is 2.11. The zero-order valence-corrected chi connectivity index (χ0v) is 9.98. The van der Waals surface area contributed by atoms with Crippen LogP contribution in [-0.2, 0) is 6.54 Å². The molecule has 0 aromatic carbocycles. The second kappa shape index (κ2) is 4.97. The van der Waals surface area contributed by atoms with E-state index < -0.39 is 0 Å². The van der Waals surface area contributed by atoms with Gasteiger partial charge in [-0.15, -0.1) is 13.2 Å². The largest absolute Gasteiger partial charge is 0.365 e. The topological polar surface area (TPSA) is 55.6 Å². The average Bonchev–Trinajstić information content (AvgIpc) is 2.70. The number of halogens is 1. The van der Waals surface area contributed by atoms with Gasteiger partial charge in [-0.2, -0.15) is 9.97 Å². The summed E-state index contributed by atoms with van der Waals surface area (Å²) in [5.74, 6) is 0.614. The van der Waals surface area contributed by atoms with E-state index in [2.05, 4.69) is 33.4 Å². The lowest BCUT2D eigenvalue weighted by Gasteiger charge is -2.04. The van der Waals surface area contributed by atoms with E-state index in [1.165, 1.54) is 0 Å². The SMILES string of the molecule is C=CCNc1nc(Cl)nc2c1ncn2CC=C. The van der Waals surface area contributed by atoms with Crippen LogP contribution in [0.4, 0.5) is 5.82 Å². The highest BCUT2D eigenvalue weighted by molar-refractivity contribution is 6.28. The Hall–Kier alpha value is -1.88. The molecule has 2 aromatic heterocycles. The van der Waals surface area contributed by atoms with Gasteiger partial charge >= 0.3 is 0 Å². The van der Waals surface area contributed by atoms with Gasteiger partial charge in [0.15, 0.2) is 17.0 Å². The number of rotatable bonds is 5. The van der Waals surface area contributed by atoms with E-state index in [0.717, 1.165) is 0 Å². The summed E-state index contributed by atoms with van der Waals surface area (Å²) in [5, 5.41) is 3.27. The van der Waals surface area contributed by atoms with Crippen LogP contribution in [0.3, 0.4) is 0 Å². The lowest BCUT2D eigenvalue weighted by Crippen LogP contribution is -2.03. The Morgan fingerprint density at radius 2 is 2.18 bits per heavy atom. The Kier molecular flexibility index (Phi) is 3.39. The van der Waals surface area contributed by atoms with Crippen LogP contribution >= 0.6 is 11.6 Å². The third kappa shape index (κ3) is 2.29. The fraction of sp³-hybridized carbons (Fsp3) is 0.182. The first-order chi connectivity index (χ1) is 8.26. The second-order valence-corrected chi connectivity index (χ2v) is 3.71. The minimum absolute atomic E-state index is 0.190. The molecule has 0 aliphatic rings. The van der Waals surface area contributed by atoms with Crippen LogP contribution in [0.5, 0.6) is 0 Å². The molecule has 0 amide bonds. The molecule has 0 saturated carbocycles. The number of nitrogens with one attached hydrogen (secondary N) is 1. The highest BCUT2D eigenvalue weighted by atomic mass is 35.5. The van der Waals surface area contributed by atoms with Gasteiger partial charge in [0.05, 0.1) is 6.33 Å². The van der Waals surface area contributed by atoms with Gasteiger partial charge in [-0.05, 0) is 11.6 Å². The van der Waals surface area contributed by atoms with Crippen LogP contribution in [0.2, 0.25) is 5.28 Å². The summed E-state index contributed by atoms with van der Waals surface area (Å²) >= 11 is 5.88. The molecule has 1 N–H and O–H groups in total. The van der Waals surface area contributed by atoms with Crippen molar-refractivity contribution in [3.63, 3.8) is 0 Å². The van der Waals surface area contributed by atoms with Crippen molar-refractivity contribution in [1.82, 2.24) is 19.5 Å². The molecular weight excluding hydrogens is 238 g/mol. The third-order valence-electron chi connectivity index (χ3n) is 2.18. The maximum Gasteiger partial charge on any atom is 0.226 e. The summed E-state index contributed by atoms with van der Waals surface area (Å²) in [6, 6.07) is 0. The molecule has 17 heavy (non-hydrogen) atoms. The maximum absolute atomic E-state index is 5.88.